The van der Waals surface area contributed by atoms with Gasteiger partial charge in [-0.05, 0) is 32.0 Å². The molecular formula is C16H15NO5S. The molecule has 0 spiro atoms. The van der Waals surface area contributed by atoms with Crippen molar-refractivity contribution in [3.8, 4) is 0 Å². The fourth-order valence-electron chi connectivity index (χ4n) is 2.54. The van der Waals surface area contributed by atoms with Gasteiger partial charge in [-0.15, -0.1) is 0 Å². The third-order valence-corrected chi connectivity index (χ3v) is 4.76. The number of carbonyl (C=O) groups is 1. The Morgan fingerprint density at radius 3 is 2.43 bits per heavy atom. The Hall–Kier alpha value is -2.38. The van der Waals surface area contributed by atoms with Gasteiger partial charge in [-0.1, -0.05) is 18.2 Å². The zero-order chi connectivity index (χ0) is 16.8. The topological polar surface area (TPSA) is 91.0 Å². The molecule has 0 amide bonds. The van der Waals surface area contributed by atoms with E-state index in [2.05, 4.69) is 0 Å². The number of furan rings is 1. The Morgan fingerprint density at radius 2 is 1.78 bits per heavy atom. The van der Waals surface area contributed by atoms with Crippen molar-refractivity contribution in [2.75, 3.05) is 4.31 Å². The fourth-order valence-corrected chi connectivity index (χ4v) is 3.30. The molecule has 1 aromatic heterocycles. The molecule has 0 saturated heterocycles. The molecular weight excluding hydrogens is 318 g/mol. The van der Waals surface area contributed by atoms with Crippen LogP contribution in [-0.4, -0.2) is 25.4 Å². The van der Waals surface area contributed by atoms with Crippen LogP contribution in [0.15, 0.2) is 46.9 Å². The van der Waals surface area contributed by atoms with Gasteiger partial charge in [-0.3, -0.25) is 8.86 Å². The van der Waals surface area contributed by atoms with Crippen LogP contribution < -0.4 is 4.31 Å². The van der Waals surface area contributed by atoms with Gasteiger partial charge in [-0.25, -0.2) is 9.00 Å². The molecule has 0 aliphatic rings. The van der Waals surface area contributed by atoms with E-state index >= 15 is 0 Å². The van der Waals surface area contributed by atoms with Crippen molar-refractivity contribution in [3.63, 3.8) is 0 Å². The molecule has 6 nitrogen and oxygen atoms in total. The maximum absolute atomic E-state index is 11.7. The third-order valence-electron chi connectivity index (χ3n) is 3.78. The van der Waals surface area contributed by atoms with Crippen molar-refractivity contribution in [3.05, 3.63) is 42.5 Å². The molecule has 1 heterocycles. The number of fused-ring (bicyclic) bond motifs is 3. The van der Waals surface area contributed by atoms with E-state index in [9.17, 15) is 18.7 Å². The smallest absolute Gasteiger partial charge is 0.330 e. The fraction of sp³-hybridized carbons (Fsp3) is 0.188. The van der Waals surface area contributed by atoms with Crippen molar-refractivity contribution >= 4 is 44.9 Å². The zero-order valence-corrected chi connectivity index (χ0v) is 13.3. The second-order valence-electron chi connectivity index (χ2n) is 5.67. The average molecular weight is 333 g/mol. The van der Waals surface area contributed by atoms with Crippen LogP contribution in [0.2, 0.25) is 0 Å². The highest BCUT2D eigenvalue weighted by Crippen LogP contribution is 2.34. The van der Waals surface area contributed by atoms with E-state index < -0.39 is 22.8 Å². The normalized spacial score (nSPS) is 13.3. The van der Waals surface area contributed by atoms with Crippen LogP contribution in [0.5, 0.6) is 0 Å². The summed E-state index contributed by atoms with van der Waals surface area (Å²) in [5.41, 5.74) is -0.0294. The van der Waals surface area contributed by atoms with Gasteiger partial charge >= 0.3 is 5.97 Å². The second-order valence-corrected chi connectivity index (χ2v) is 6.49. The lowest BCUT2D eigenvalue weighted by atomic mass is 10.1. The predicted octanol–water partition coefficient (Wildman–Crippen LogP) is 3.39. The molecule has 0 aliphatic carbocycles. The number of hydrogen-bond donors (Lipinski definition) is 2. The van der Waals surface area contributed by atoms with Crippen LogP contribution in [0.4, 0.5) is 5.69 Å². The minimum absolute atomic E-state index is 0.296. The van der Waals surface area contributed by atoms with Gasteiger partial charge in [-0.2, -0.15) is 0 Å². The maximum Gasteiger partial charge on any atom is 0.330 e. The number of hydrogen-bond acceptors (Lipinski definition) is 3. The first-order chi connectivity index (χ1) is 10.8. The minimum Gasteiger partial charge on any atom is -0.479 e. The van der Waals surface area contributed by atoms with Gasteiger partial charge < -0.3 is 9.52 Å². The molecule has 3 aromatic rings. The number of benzene rings is 2. The number of aliphatic carboxylic acids is 1. The van der Waals surface area contributed by atoms with Crippen LogP contribution in [0.1, 0.15) is 13.8 Å². The molecule has 23 heavy (non-hydrogen) atoms. The monoisotopic (exact) mass is 333 g/mol. The molecule has 2 N–H and O–H groups in total. The van der Waals surface area contributed by atoms with Crippen LogP contribution in [0.3, 0.4) is 0 Å². The molecule has 120 valence electrons. The van der Waals surface area contributed by atoms with Crippen LogP contribution in [0, 0.1) is 0 Å². The Morgan fingerprint density at radius 1 is 1.13 bits per heavy atom. The largest absolute Gasteiger partial charge is 0.479 e. The van der Waals surface area contributed by atoms with Crippen LogP contribution in [0.25, 0.3) is 21.9 Å². The number of nitrogens with zero attached hydrogens (tertiary/aromatic N) is 1. The van der Waals surface area contributed by atoms with E-state index in [1.807, 2.05) is 24.3 Å². The van der Waals surface area contributed by atoms with Gasteiger partial charge in [0.15, 0.2) is 0 Å². The standard InChI is InChI=1S/C16H15NO5S/c1-16(2,15(18)19)17(23(20)21)10-7-8-12-11-5-3-4-6-13(11)22-14(12)9-10/h3-9H,1-2H3,(H,18,19)(H,20,21). The first-order valence-corrected chi connectivity index (χ1v) is 7.94. The van der Waals surface area contributed by atoms with E-state index in [1.165, 1.54) is 13.8 Å². The lowest BCUT2D eigenvalue weighted by Gasteiger charge is -2.32. The van der Waals surface area contributed by atoms with Gasteiger partial charge in [0.25, 0.3) is 11.3 Å². The van der Waals surface area contributed by atoms with Gasteiger partial charge in [0.1, 0.15) is 16.7 Å². The highest BCUT2D eigenvalue weighted by Gasteiger charge is 2.38. The minimum atomic E-state index is -2.49. The van der Waals surface area contributed by atoms with Crippen molar-refractivity contribution in [1.29, 1.82) is 0 Å². The Kier molecular flexibility index (Phi) is 3.62. The highest BCUT2D eigenvalue weighted by atomic mass is 32.2. The highest BCUT2D eigenvalue weighted by molar-refractivity contribution is 7.80. The summed E-state index contributed by atoms with van der Waals surface area (Å²) in [5, 5.41) is 11.1. The molecule has 0 saturated carbocycles. The number of para-hydroxylation sites is 1. The summed E-state index contributed by atoms with van der Waals surface area (Å²) in [5.74, 6) is -1.20. The summed E-state index contributed by atoms with van der Waals surface area (Å²) in [7, 11) is 0. The first-order valence-electron chi connectivity index (χ1n) is 6.88. The molecule has 1 unspecified atom stereocenters. The molecule has 0 radical (unpaired) electrons. The molecule has 0 fully saturated rings. The Labute approximate surface area is 134 Å². The summed E-state index contributed by atoms with van der Waals surface area (Å²) in [6, 6.07) is 12.5. The van der Waals surface area contributed by atoms with Crippen molar-refractivity contribution in [2.45, 2.75) is 19.4 Å². The third kappa shape index (κ3) is 2.47. The lowest BCUT2D eigenvalue weighted by Crippen LogP contribution is -2.51. The molecule has 0 aliphatic heterocycles. The van der Waals surface area contributed by atoms with Crippen LogP contribution in [-0.2, 0) is 16.1 Å². The Bertz CT molecular complexity index is 931. The van der Waals surface area contributed by atoms with E-state index in [0.29, 0.717) is 16.9 Å². The summed E-state index contributed by atoms with van der Waals surface area (Å²) < 4.78 is 27.9. The summed E-state index contributed by atoms with van der Waals surface area (Å²) >= 11 is -2.49. The summed E-state index contributed by atoms with van der Waals surface area (Å²) in [6.45, 7) is 2.73. The van der Waals surface area contributed by atoms with Gasteiger partial charge in [0, 0.05) is 16.8 Å². The lowest BCUT2D eigenvalue weighted by molar-refractivity contribution is -0.141. The van der Waals surface area contributed by atoms with E-state index in [-0.39, 0.29) is 0 Å². The number of carboxylic acid groups (broad SMARTS) is 1. The quantitative estimate of drug-likeness (QED) is 0.714. The SMILES string of the molecule is CC(C)(C(=O)O)N(c1ccc2c(c1)oc1ccccc12)S(=O)O. The molecule has 2 aromatic carbocycles. The molecule has 3 rings (SSSR count). The molecule has 1 atom stereocenters. The van der Waals surface area contributed by atoms with Crippen molar-refractivity contribution < 1.29 is 23.1 Å². The molecule has 0 bridgehead atoms. The summed E-state index contributed by atoms with van der Waals surface area (Å²) in [6.07, 6.45) is 0. The van der Waals surface area contributed by atoms with Crippen molar-refractivity contribution in [1.82, 2.24) is 0 Å². The van der Waals surface area contributed by atoms with Gasteiger partial charge in [0.05, 0.1) is 5.69 Å². The number of rotatable bonds is 4. The Balaban J connectivity index is 2.20. The van der Waals surface area contributed by atoms with Crippen LogP contribution >= 0.6 is 0 Å². The molecule has 7 heteroatoms. The predicted molar refractivity (Wildman–Crippen MR) is 88.7 cm³/mol. The summed E-state index contributed by atoms with van der Waals surface area (Å²) in [4.78, 5) is 11.4. The average Bonchev–Trinajstić information content (AvgIpc) is 2.84. The number of anilines is 1. The maximum atomic E-state index is 11.7. The van der Waals surface area contributed by atoms with E-state index in [1.54, 1.807) is 18.2 Å². The first kappa shape index (κ1) is 15.5. The van der Waals surface area contributed by atoms with Crippen molar-refractivity contribution in [2.24, 2.45) is 0 Å². The van der Waals surface area contributed by atoms with E-state index in [4.69, 9.17) is 4.42 Å². The number of carboxylic acids is 1. The van der Waals surface area contributed by atoms with Gasteiger partial charge in [0.2, 0.25) is 0 Å². The van der Waals surface area contributed by atoms with E-state index in [0.717, 1.165) is 15.1 Å². The second kappa shape index (κ2) is 5.36. The zero-order valence-electron chi connectivity index (χ0n) is 12.5.